The summed E-state index contributed by atoms with van der Waals surface area (Å²) in [6.07, 6.45) is 0. The minimum atomic E-state index is -1.42. The van der Waals surface area contributed by atoms with Crippen LogP contribution in [-0.2, 0) is 0 Å². The Hall–Kier alpha value is -1.17. The number of rotatable bonds is 3. The molecule has 0 spiro atoms. The van der Waals surface area contributed by atoms with E-state index in [-0.39, 0.29) is 40.7 Å². The van der Waals surface area contributed by atoms with E-state index in [0.29, 0.717) is 0 Å². The number of hydrogen-bond acceptors (Lipinski definition) is 3. The van der Waals surface area contributed by atoms with Crippen molar-refractivity contribution >= 4 is 47.3 Å². The molecule has 2 N–H and O–H groups in total. The molecule has 0 aliphatic carbocycles. The number of benzene rings is 1. The summed E-state index contributed by atoms with van der Waals surface area (Å²) in [6.45, 7) is 1.19. The molecule has 16 heavy (non-hydrogen) atoms. The van der Waals surface area contributed by atoms with Crippen LogP contribution in [0.1, 0.15) is 38.0 Å². The van der Waals surface area contributed by atoms with Crippen molar-refractivity contribution < 1.29 is 24.6 Å². The predicted molar refractivity (Wildman–Crippen MR) is 57.5 cm³/mol. The van der Waals surface area contributed by atoms with Crippen molar-refractivity contribution in [3.8, 4) is 0 Å². The van der Waals surface area contributed by atoms with Crippen molar-refractivity contribution in [2.45, 2.75) is 6.92 Å². The molecule has 0 saturated carbocycles. The van der Waals surface area contributed by atoms with E-state index in [2.05, 4.69) is 0 Å². The van der Waals surface area contributed by atoms with E-state index in [0.717, 1.165) is 6.07 Å². The molecule has 5 nitrogen and oxygen atoms in total. The summed E-state index contributed by atoms with van der Waals surface area (Å²) in [5.41, 5.74) is -0.935. The number of ketones is 1. The van der Waals surface area contributed by atoms with Gasteiger partial charge < -0.3 is 10.2 Å². The van der Waals surface area contributed by atoms with Gasteiger partial charge in [0.15, 0.2) is 5.78 Å². The first kappa shape index (κ1) is 14.8. The fraction of sp³-hybridized carbons (Fsp3) is 0.100. The van der Waals surface area contributed by atoms with Crippen LogP contribution in [0.4, 0.5) is 0 Å². The van der Waals surface area contributed by atoms with Gasteiger partial charge in [-0.05, 0) is 13.0 Å². The molecule has 0 heterocycles. The van der Waals surface area contributed by atoms with Crippen molar-refractivity contribution in [3.63, 3.8) is 0 Å². The van der Waals surface area contributed by atoms with Crippen LogP contribution in [-0.4, -0.2) is 57.5 Å². The molecule has 0 saturated heterocycles. The Kier molecular flexibility index (Phi) is 5.37. The van der Waals surface area contributed by atoms with Gasteiger partial charge in [0.1, 0.15) is 0 Å². The second-order valence-electron chi connectivity index (χ2n) is 2.89. The topological polar surface area (TPSA) is 91.7 Å². The first-order valence-corrected chi connectivity index (χ1v) is 4.05. The normalized spacial score (nSPS) is 9.06. The van der Waals surface area contributed by atoms with E-state index < -0.39 is 23.3 Å². The summed E-state index contributed by atoms with van der Waals surface area (Å²) in [5, 5.41) is 17.6. The number of carbonyl (C=O) groups excluding carboxylic acids is 1. The number of carboxylic acid groups (broad SMARTS) is 2. The fourth-order valence-electron chi connectivity index (χ4n) is 1.25. The monoisotopic (exact) mass is 232 g/mol. The third-order valence-electron chi connectivity index (χ3n) is 1.89. The minimum absolute atomic E-state index is 0. The maximum absolute atomic E-state index is 11.1. The van der Waals surface area contributed by atoms with E-state index in [1.165, 1.54) is 19.1 Å². The van der Waals surface area contributed by atoms with Crippen LogP contribution in [0.2, 0.25) is 0 Å². The van der Waals surface area contributed by atoms with E-state index in [1.54, 1.807) is 0 Å². The number of aromatic carboxylic acids is 2. The molecule has 0 fully saturated rings. The summed E-state index contributed by atoms with van der Waals surface area (Å²) in [5.74, 6) is -3.26. The first-order valence-electron chi connectivity index (χ1n) is 4.05. The van der Waals surface area contributed by atoms with Crippen LogP contribution in [0.5, 0.6) is 0 Å². The van der Waals surface area contributed by atoms with Gasteiger partial charge in [-0.25, -0.2) is 9.59 Å². The van der Waals surface area contributed by atoms with E-state index >= 15 is 0 Å². The molecular weight excluding hydrogens is 223 g/mol. The Morgan fingerprint density at radius 2 is 1.50 bits per heavy atom. The van der Waals surface area contributed by atoms with Gasteiger partial charge in [0.25, 0.3) is 0 Å². The van der Waals surface area contributed by atoms with Crippen molar-refractivity contribution in [1.29, 1.82) is 0 Å². The molecule has 0 atom stereocenters. The Balaban J connectivity index is 0.00000225. The quantitative estimate of drug-likeness (QED) is 0.589. The zero-order valence-electron chi connectivity index (χ0n) is 7.85. The summed E-state index contributed by atoms with van der Waals surface area (Å²) < 4.78 is 0. The van der Waals surface area contributed by atoms with E-state index in [4.69, 9.17) is 10.2 Å². The molecule has 0 amide bonds. The van der Waals surface area contributed by atoms with Crippen LogP contribution in [0.15, 0.2) is 18.2 Å². The molecule has 0 aliphatic heterocycles. The van der Waals surface area contributed by atoms with Gasteiger partial charge in [-0.15, -0.1) is 0 Å². The molecule has 0 aliphatic rings. The van der Waals surface area contributed by atoms with Crippen LogP contribution in [0, 0.1) is 0 Å². The van der Waals surface area contributed by atoms with Gasteiger partial charge in [-0.1, -0.05) is 12.1 Å². The Bertz CT molecular complexity index is 420. The average Bonchev–Trinajstić information content (AvgIpc) is 2.16. The summed E-state index contributed by atoms with van der Waals surface area (Å²) >= 11 is 0. The molecule has 1 aromatic rings. The predicted octanol–water partition coefficient (Wildman–Crippen LogP) is 0.637. The zero-order chi connectivity index (χ0) is 11.6. The fourth-order valence-corrected chi connectivity index (χ4v) is 1.25. The average molecular weight is 232 g/mol. The molecule has 1 aromatic carbocycles. The summed E-state index contributed by atoms with van der Waals surface area (Å²) in [4.78, 5) is 32.7. The van der Waals surface area contributed by atoms with Gasteiger partial charge in [-0.2, -0.15) is 0 Å². The van der Waals surface area contributed by atoms with E-state index in [9.17, 15) is 14.4 Å². The van der Waals surface area contributed by atoms with Gasteiger partial charge in [0.2, 0.25) is 0 Å². The number of hydrogen-bond donors (Lipinski definition) is 2. The van der Waals surface area contributed by atoms with E-state index in [1.807, 2.05) is 0 Å². The van der Waals surface area contributed by atoms with Crippen molar-refractivity contribution in [2.24, 2.45) is 0 Å². The van der Waals surface area contributed by atoms with Gasteiger partial charge in [0, 0.05) is 5.56 Å². The summed E-state index contributed by atoms with van der Waals surface area (Å²) in [7, 11) is 0. The third-order valence-corrected chi connectivity index (χ3v) is 1.89. The van der Waals surface area contributed by atoms with Crippen LogP contribution in [0.3, 0.4) is 0 Å². The first-order chi connectivity index (χ1) is 6.95. The molecular formula is C10H9NaO5. The molecule has 0 aromatic heterocycles. The number of carbonyl (C=O) groups is 3. The molecule has 0 radical (unpaired) electrons. The van der Waals surface area contributed by atoms with Gasteiger partial charge in [-0.3, -0.25) is 4.79 Å². The summed E-state index contributed by atoms with van der Waals surface area (Å²) in [6, 6.07) is 3.78. The maximum atomic E-state index is 11.1. The van der Waals surface area contributed by atoms with Crippen molar-refractivity contribution in [3.05, 3.63) is 34.9 Å². The Labute approximate surface area is 113 Å². The molecule has 6 heteroatoms. The molecule has 1 rings (SSSR count). The standard InChI is InChI=1S/C10H8O5.Na.H/c1-5(11)6-3-2-4-7(9(12)13)8(6)10(14)15;;/h2-4H,1H3,(H,12,13)(H,14,15);;. The second-order valence-corrected chi connectivity index (χ2v) is 2.89. The second kappa shape index (κ2) is 5.79. The SMILES string of the molecule is CC(=O)c1cccc(C(=O)O)c1C(=O)O.[NaH]. The van der Waals surface area contributed by atoms with Crippen LogP contribution in [0.25, 0.3) is 0 Å². The molecule has 0 unspecified atom stereocenters. The zero-order valence-corrected chi connectivity index (χ0v) is 7.85. The van der Waals surface area contributed by atoms with Gasteiger partial charge >= 0.3 is 41.5 Å². The van der Waals surface area contributed by atoms with Crippen LogP contribution >= 0.6 is 0 Å². The third kappa shape index (κ3) is 2.91. The Morgan fingerprint density at radius 3 is 1.88 bits per heavy atom. The van der Waals surface area contributed by atoms with Crippen LogP contribution < -0.4 is 0 Å². The number of Topliss-reactive ketones (excluding diaryl/α,β-unsaturated/α-hetero) is 1. The molecule has 0 bridgehead atoms. The van der Waals surface area contributed by atoms with Crippen molar-refractivity contribution in [1.82, 2.24) is 0 Å². The van der Waals surface area contributed by atoms with Gasteiger partial charge in [0.05, 0.1) is 11.1 Å². The molecule has 80 valence electrons. The van der Waals surface area contributed by atoms with Crippen molar-refractivity contribution in [2.75, 3.05) is 0 Å². The Morgan fingerprint density at radius 1 is 1.00 bits per heavy atom. The number of carboxylic acids is 2.